The van der Waals surface area contributed by atoms with Gasteiger partial charge in [-0.25, -0.2) is 0 Å². The van der Waals surface area contributed by atoms with Crippen molar-refractivity contribution in [1.82, 2.24) is 5.32 Å². The van der Waals surface area contributed by atoms with Crippen LogP contribution in [0.3, 0.4) is 0 Å². The second kappa shape index (κ2) is 5.93. The van der Waals surface area contributed by atoms with Gasteiger partial charge in [-0.05, 0) is 25.1 Å². The van der Waals surface area contributed by atoms with Gasteiger partial charge in [0.05, 0.1) is 12.9 Å². The predicted octanol–water partition coefficient (Wildman–Crippen LogP) is 2.18. The van der Waals surface area contributed by atoms with Crippen molar-refractivity contribution in [3.05, 3.63) is 24.2 Å². The Kier molecular flexibility index (Phi) is 4.85. The van der Waals surface area contributed by atoms with Gasteiger partial charge in [0.15, 0.2) is 0 Å². The summed E-state index contributed by atoms with van der Waals surface area (Å²) in [4.78, 5) is 0. The molecule has 1 N–H and O–H groups in total. The normalized spacial score (nSPS) is 11.9. The van der Waals surface area contributed by atoms with Crippen LogP contribution in [0.25, 0.3) is 0 Å². The molecule has 1 heterocycles. The highest BCUT2D eigenvalue weighted by molar-refractivity contribution is 5.10. The van der Waals surface area contributed by atoms with Gasteiger partial charge in [-0.2, -0.15) is 0 Å². The summed E-state index contributed by atoms with van der Waals surface area (Å²) in [5.41, 5.74) is 0.101. The molecule has 0 aliphatic rings. The lowest BCUT2D eigenvalue weighted by atomic mass is 9.86. The molecule has 0 saturated heterocycles. The van der Waals surface area contributed by atoms with Crippen molar-refractivity contribution in [3.63, 3.8) is 0 Å². The quantitative estimate of drug-likeness (QED) is 0.702. The molecule has 0 aromatic carbocycles. The van der Waals surface area contributed by atoms with E-state index in [4.69, 9.17) is 9.15 Å². The van der Waals surface area contributed by atoms with Gasteiger partial charge >= 0.3 is 0 Å². The molecule has 1 aromatic heterocycles. The van der Waals surface area contributed by atoms with E-state index in [9.17, 15) is 0 Å². The smallest absolute Gasteiger partial charge is 0.109 e. The van der Waals surface area contributed by atoms with Crippen LogP contribution in [-0.2, 0) is 10.2 Å². The summed E-state index contributed by atoms with van der Waals surface area (Å²) in [7, 11) is 1.72. The molecule has 0 saturated carbocycles. The van der Waals surface area contributed by atoms with E-state index in [0.29, 0.717) is 0 Å². The molecule has 3 heteroatoms. The zero-order valence-electron chi connectivity index (χ0n) is 9.88. The highest BCUT2D eigenvalue weighted by Crippen LogP contribution is 2.26. The lowest BCUT2D eigenvalue weighted by Crippen LogP contribution is -2.27. The molecule has 0 amide bonds. The van der Waals surface area contributed by atoms with Crippen molar-refractivity contribution in [1.29, 1.82) is 0 Å². The van der Waals surface area contributed by atoms with Crippen molar-refractivity contribution < 1.29 is 9.15 Å². The topological polar surface area (TPSA) is 34.4 Å². The van der Waals surface area contributed by atoms with Gasteiger partial charge < -0.3 is 14.5 Å². The minimum Gasteiger partial charge on any atom is -0.469 e. The van der Waals surface area contributed by atoms with Crippen LogP contribution >= 0.6 is 0 Å². The van der Waals surface area contributed by atoms with E-state index in [1.54, 1.807) is 13.4 Å². The molecule has 0 fully saturated rings. The third-order valence-corrected chi connectivity index (χ3v) is 2.60. The van der Waals surface area contributed by atoms with Crippen LogP contribution in [0.4, 0.5) is 0 Å². The van der Waals surface area contributed by atoms with E-state index in [1.165, 1.54) is 0 Å². The van der Waals surface area contributed by atoms with Gasteiger partial charge in [-0.3, -0.25) is 0 Å². The van der Waals surface area contributed by atoms with Gasteiger partial charge in [0.1, 0.15) is 5.76 Å². The van der Waals surface area contributed by atoms with E-state index in [-0.39, 0.29) is 5.41 Å². The summed E-state index contributed by atoms with van der Waals surface area (Å²) in [6.07, 6.45) is 2.79. The maximum Gasteiger partial charge on any atom is 0.109 e. The average Bonchev–Trinajstić information content (AvgIpc) is 2.70. The third-order valence-electron chi connectivity index (χ3n) is 2.60. The minimum absolute atomic E-state index is 0.101. The largest absolute Gasteiger partial charge is 0.469 e. The number of rotatable bonds is 7. The standard InChI is InChI=1S/C12H21NO2/c1-12(2,11-5-4-9-15-11)6-7-13-8-10-14-3/h4-5,9,13H,6-8,10H2,1-3H3. The van der Waals surface area contributed by atoms with Gasteiger partial charge in [0, 0.05) is 19.1 Å². The number of hydrogen-bond donors (Lipinski definition) is 1. The molecule has 1 rings (SSSR count). The summed E-state index contributed by atoms with van der Waals surface area (Å²) < 4.78 is 10.4. The maximum atomic E-state index is 5.42. The molecular weight excluding hydrogens is 190 g/mol. The van der Waals surface area contributed by atoms with Gasteiger partial charge in [-0.15, -0.1) is 0 Å². The Morgan fingerprint density at radius 3 is 2.80 bits per heavy atom. The molecule has 0 spiro atoms. The van der Waals surface area contributed by atoms with Crippen molar-refractivity contribution in [2.45, 2.75) is 25.7 Å². The van der Waals surface area contributed by atoms with E-state index < -0.39 is 0 Å². The predicted molar refractivity (Wildman–Crippen MR) is 61.1 cm³/mol. The Labute approximate surface area is 91.8 Å². The molecule has 0 aliphatic heterocycles. The van der Waals surface area contributed by atoms with E-state index in [2.05, 4.69) is 19.2 Å². The molecule has 0 radical (unpaired) electrons. The third kappa shape index (κ3) is 4.06. The Hall–Kier alpha value is -0.800. The average molecular weight is 211 g/mol. The summed E-state index contributed by atoms with van der Waals surface area (Å²) in [6.45, 7) is 7.05. The number of methoxy groups -OCH3 is 1. The fraction of sp³-hybridized carbons (Fsp3) is 0.667. The zero-order chi connectivity index (χ0) is 11.1. The summed E-state index contributed by atoms with van der Waals surface area (Å²) in [6, 6.07) is 3.98. The van der Waals surface area contributed by atoms with Gasteiger partial charge in [0.2, 0.25) is 0 Å². The van der Waals surface area contributed by atoms with Crippen molar-refractivity contribution in [2.75, 3.05) is 26.8 Å². The van der Waals surface area contributed by atoms with E-state index in [1.807, 2.05) is 12.1 Å². The van der Waals surface area contributed by atoms with Crippen LogP contribution < -0.4 is 5.32 Å². The second-order valence-corrected chi connectivity index (χ2v) is 4.35. The van der Waals surface area contributed by atoms with E-state index >= 15 is 0 Å². The second-order valence-electron chi connectivity index (χ2n) is 4.35. The van der Waals surface area contributed by atoms with E-state index in [0.717, 1.165) is 31.9 Å². The molecule has 0 bridgehead atoms. The van der Waals surface area contributed by atoms with Crippen LogP contribution in [0.15, 0.2) is 22.8 Å². The number of hydrogen-bond acceptors (Lipinski definition) is 3. The number of furan rings is 1. The first-order chi connectivity index (χ1) is 7.17. The molecule has 0 aliphatic carbocycles. The molecule has 1 aromatic rings. The fourth-order valence-corrected chi connectivity index (χ4v) is 1.49. The first-order valence-corrected chi connectivity index (χ1v) is 5.40. The Balaban J connectivity index is 2.25. The molecule has 15 heavy (non-hydrogen) atoms. The molecule has 0 atom stereocenters. The lowest BCUT2D eigenvalue weighted by Gasteiger charge is -2.22. The van der Waals surface area contributed by atoms with Crippen LogP contribution in [0.1, 0.15) is 26.0 Å². The van der Waals surface area contributed by atoms with Crippen molar-refractivity contribution in [3.8, 4) is 0 Å². The number of ether oxygens (including phenoxy) is 1. The monoisotopic (exact) mass is 211 g/mol. The highest BCUT2D eigenvalue weighted by Gasteiger charge is 2.22. The first kappa shape index (κ1) is 12.3. The van der Waals surface area contributed by atoms with Crippen molar-refractivity contribution >= 4 is 0 Å². The van der Waals surface area contributed by atoms with Crippen LogP contribution in [-0.4, -0.2) is 26.8 Å². The lowest BCUT2D eigenvalue weighted by molar-refractivity contribution is 0.198. The van der Waals surface area contributed by atoms with Crippen LogP contribution in [0.5, 0.6) is 0 Å². The van der Waals surface area contributed by atoms with Crippen LogP contribution in [0.2, 0.25) is 0 Å². The zero-order valence-corrected chi connectivity index (χ0v) is 9.88. The fourth-order valence-electron chi connectivity index (χ4n) is 1.49. The molecule has 86 valence electrons. The molecule has 0 unspecified atom stereocenters. The van der Waals surface area contributed by atoms with Crippen molar-refractivity contribution in [2.24, 2.45) is 0 Å². The van der Waals surface area contributed by atoms with Gasteiger partial charge in [0.25, 0.3) is 0 Å². The van der Waals surface area contributed by atoms with Crippen LogP contribution in [0, 0.1) is 0 Å². The Morgan fingerprint density at radius 1 is 1.40 bits per heavy atom. The van der Waals surface area contributed by atoms with Gasteiger partial charge in [-0.1, -0.05) is 13.8 Å². The first-order valence-electron chi connectivity index (χ1n) is 5.40. The summed E-state index contributed by atoms with van der Waals surface area (Å²) in [5.74, 6) is 1.05. The number of nitrogens with one attached hydrogen (secondary N) is 1. The minimum atomic E-state index is 0.101. The highest BCUT2D eigenvalue weighted by atomic mass is 16.5. The molecule has 3 nitrogen and oxygen atoms in total. The maximum absolute atomic E-state index is 5.42. The Bertz CT molecular complexity index is 255. The molecular formula is C12H21NO2. The summed E-state index contributed by atoms with van der Waals surface area (Å²) >= 11 is 0. The summed E-state index contributed by atoms with van der Waals surface area (Å²) in [5, 5.41) is 3.34. The Morgan fingerprint density at radius 2 is 2.20 bits per heavy atom. The SMILES string of the molecule is COCCNCCC(C)(C)c1ccco1.